The summed E-state index contributed by atoms with van der Waals surface area (Å²) in [7, 11) is 0. The number of carboxylic acids is 1. The summed E-state index contributed by atoms with van der Waals surface area (Å²) in [5.74, 6) is -1.72. The molecule has 1 fully saturated rings. The molecule has 3 aromatic rings. The van der Waals surface area contributed by atoms with E-state index in [0.29, 0.717) is 24.0 Å². The topological polar surface area (TPSA) is 92.3 Å². The van der Waals surface area contributed by atoms with Crippen LogP contribution in [0.25, 0.3) is 0 Å². The number of carbonyl (C=O) groups is 1. The molecule has 0 aliphatic heterocycles. The Morgan fingerprint density at radius 1 is 1.14 bits per heavy atom. The van der Waals surface area contributed by atoms with Gasteiger partial charge in [0, 0.05) is 11.8 Å². The van der Waals surface area contributed by atoms with Crippen LogP contribution >= 0.6 is 0 Å². The highest BCUT2D eigenvalue weighted by Gasteiger charge is 2.39. The number of benzene rings is 2. The van der Waals surface area contributed by atoms with Gasteiger partial charge >= 0.3 is 12.1 Å². The number of hydrogen-bond acceptors (Lipinski definition) is 4. The first-order valence-corrected chi connectivity index (χ1v) is 11.3. The van der Waals surface area contributed by atoms with E-state index in [2.05, 4.69) is 9.97 Å². The molecule has 9 heteroatoms. The van der Waals surface area contributed by atoms with Crippen molar-refractivity contribution < 1.29 is 27.8 Å². The molecule has 1 aliphatic carbocycles. The quantitative estimate of drug-likeness (QED) is 0.465. The fourth-order valence-corrected chi connectivity index (χ4v) is 4.79. The number of nitrogens with one attached hydrogen (secondary N) is 1. The minimum Gasteiger partial charge on any atom is -0.481 e. The average Bonchev–Trinajstić information content (AvgIpc) is 3.27. The third-order valence-electron chi connectivity index (χ3n) is 6.44. The lowest BCUT2D eigenvalue weighted by atomic mass is 9.75. The standard InChI is InChI=1S/C26H25F3N2O4/c1-16-11-18(13-19(12-16)26(27,28)29)25(9-5-6-10-25)14-20-30-21(24(33)34)22(23(32)31-20)35-15-17-7-3-2-4-8-17/h2-4,7-8,11-13H,5-6,9-10,14-15H2,1H3,(H,33,34)(H,30,31,32). The van der Waals surface area contributed by atoms with Gasteiger partial charge in [-0.3, -0.25) is 4.79 Å². The number of alkyl halides is 3. The van der Waals surface area contributed by atoms with Crippen LogP contribution in [0.15, 0.2) is 53.3 Å². The summed E-state index contributed by atoms with van der Waals surface area (Å²) < 4.78 is 46.0. The zero-order valence-corrected chi connectivity index (χ0v) is 19.1. The van der Waals surface area contributed by atoms with Gasteiger partial charge in [-0.1, -0.05) is 54.8 Å². The SMILES string of the molecule is Cc1cc(C(F)(F)F)cc(C2(Cc3nc(C(=O)O)c(OCc4ccccc4)c(=O)[nH]3)CCCC2)c1. The van der Waals surface area contributed by atoms with Gasteiger partial charge in [0.2, 0.25) is 5.75 Å². The fraction of sp³-hybridized carbons (Fsp3) is 0.346. The van der Waals surface area contributed by atoms with Crippen molar-refractivity contribution in [3.05, 3.63) is 92.7 Å². The van der Waals surface area contributed by atoms with Gasteiger partial charge in [-0.2, -0.15) is 13.2 Å². The van der Waals surface area contributed by atoms with E-state index in [1.54, 1.807) is 37.3 Å². The van der Waals surface area contributed by atoms with Crippen molar-refractivity contribution in [2.75, 3.05) is 0 Å². The third-order valence-corrected chi connectivity index (χ3v) is 6.44. The lowest BCUT2D eigenvalue weighted by Gasteiger charge is -2.30. The molecule has 0 radical (unpaired) electrons. The Hall–Kier alpha value is -3.62. The van der Waals surface area contributed by atoms with Gasteiger partial charge in [0.25, 0.3) is 5.56 Å². The number of carboxylic acid groups (broad SMARTS) is 1. The Morgan fingerprint density at radius 3 is 2.46 bits per heavy atom. The van der Waals surface area contributed by atoms with Gasteiger partial charge in [0.15, 0.2) is 5.69 Å². The molecule has 0 spiro atoms. The van der Waals surface area contributed by atoms with Gasteiger partial charge in [-0.25, -0.2) is 9.78 Å². The normalized spacial score (nSPS) is 15.2. The van der Waals surface area contributed by atoms with E-state index in [9.17, 15) is 27.9 Å². The maximum absolute atomic E-state index is 13.5. The molecular weight excluding hydrogens is 461 g/mol. The Bertz CT molecular complexity index is 1280. The second kappa shape index (κ2) is 9.56. The number of hydrogen-bond donors (Lipinski definition) is 2. The highest BCUT2D eigenvalue weighted by molar-refractivity contribution is 5.88. The van der Waals surface area contributed by atoms with Crippen molar-refractivity contribution in [1.29, 1.82) is 0 Å². The van der Waals surface area contributed by atoms with Gasteiger partial charge < -0.3 is 14.8 Å². The van der Waals surface area contributed by atoms with Gasteiger partial charge in [-0.05, 0) is 43.0 Å². The molecule has 1 aliphatic rings. The molecule has 0 atom stereocenters. The first-order valence-electron chi connectivity index (χ1n) is 11.3. The number of rotatable bonds is 7. The third kappa shape index (κ3) is 5.39. The summed E-state index contributed by atoms with van der Waals surface area (Å²) in [5.41, 5.74) is -0.924. The van der Waals surface area contributed by atoms with Crippen molar-refractivity contribution in [2.45, 2.75) is 57.2 Å². The number of aryl methyl sites for hydroxylation is 1. The van der Waals surface area contributed by atoms with E-state index < -0.39 is 40.1 Å². The minimum absolute atomic E-state index is 0.0152. The predicted molar refractivity (Wildman–Crippen MR) is 123 cm³/mol. The van der Waals surface area contributed by atoms with E-state index in [1.165, 1.54) is 0 Å². The van der Waals surface area contributed by atoms with Crippen LogP contribution in [0.5, 0.6) is 5.75 Å². The van der Waals surface area contributed by atoms with Crippen molar-refractivity contribution in [2.24, 2.45) is 0 Å². The number of aromatic nitrogens is 2. The Balaban J connectivity index is 1.70. The number of aromatic carboxylic acids is 1. The molecule has 35 heavy (non-hydrogen) atoms. The lowest BCUT2D eigenvalue weighted by molar-refractivity contribution is -0.137. The Kier molecular flexibility index (Phi) is 6.69. The highest BCUT2D eigenvalue weighted by atomic mass is 19.4. The largest absolute Gasteiger partial charge is 0.481 e. The second-order valence-corrected chi connectivity index (χ2v) is 9.02. The summed E-state index contributed by atoms with van der Waals surface area (Å²) >= 11 is 0. The van der Waals surface area contributed by atoms with Crippen LogP contribution in [-0.2, 0) is 24.6 Å². The van der Waals surface area contributed by atoms with Crippen molar-refractivity contribution in [3.8, 4) is 5.75 Å². The maximum Gasteiger partial charge on any atom is 0.416 e. The van der Waals surface area contributed by atoms with Gasteiger partial charge in [0.05, 0.1) is 5.56 Å². The van der Waals surface area contributed by atoms with Crippen LogP contribution in [0.1, 0.15) is 64.2 Å². The first kappa shape index (κ1) is 24.5. The number of aromatic amines is 1. The molecule has 184 valence electrons. The number of ether oxygens (including phenoxy) is 1. The highest BCUT2D eigenvalue weighted by Crippen LogP contribution is 2.45. The molecule has 6 nitrogen and oxygen atoms in total. The molecule has 1 saturated carbocycles. The molecule has 0 unspecified atom stereocenters. The van der Waals surface area contributed by atoms with Crippen LogP contribution < -0.4 is 10.3 Å². The molecule has 0 bridgehead atoms. The monoisotopic (exact) mass is 486 g/mol. The molecule has 2 aromatic carbocycles. The smallest absolute Gasteiger partial charge is 0.416 e. The fourth-order valence-electron chi connectivity index (χ4n) is 4.79. The summed E-state index contributed by atoms with van der Waals surface area (Å²) in [5, 5.41) is 9.70. The summed E-state index contributed by atoms with van der Waals surface area (Å²) in [6.45, 7) is 1.60. The molecule has 0 amide bonds. The predicted octanol–water partition coefficient (Wildman–Crippen LogP) is 5.43. The van der Waals surface area contributed by atoms with E-state index >= 15 is 0 Å². The Morgan fingerprint density at radius 2 is 1.83 bits per heavy atom. The first-order chi connectivity index (χ1) is 16.6. The van der Waals surface area contributed by atoms with Crippen molar-refractivity contribution >= 4 is 5.97 Å². The van der Waals surface area contributed by atoms with Gasteiger partial charge in [-0.15, -0.1) is 0 Å². The minimum atomic E-state index is -4.48. The summed E-state index contributed by atoms with van der Waals surface area (Å²) in [6.07, 6.45) is -1.55. The number of halogens is 3. The molecule has 4 rings (SSSR count). The molecule has 0 saturated heterocycles. The molecule has 1 heterocycles. The second-order valence-electron chi connectivity index (χ2n) is 9.02. The van der Waals surface area contributed by atoms with Gasteiger partial charge in [0.1, 0.15) is 12.4 Å². The zero-order valence-electron chi connectivity index (χ0n) is 19.1. The maximum atomic E-state index is 13.5. The Labute approximate surface area is 199 Å². The van der Waals surface area contributed by atoms with Crippen LogP contribution in [0.3, 0.4) is 0 Å². The number of nitrogens with zero attached hydrogens (tertiary/aromatic N) is 1. The number of H-pyrrole nitrogens is 1. The molecular formula is C26H25F3N2O4. The van der Waals surface area contributed by atoms with Crippen molar-refractivity contribution in [3.63, 3.8) is 0 Å². The van der Waals surface area contributed by atoms with E-state index in [4.69, 9.17) is 4.74 Å². The van der Waals surface area contributed by atoms with E-state index in [1.807, 2.05) is 6.07 Å². The zero-order chi connectivity index (χ0) is 25.2. The lowest BCUT2D eigenvalue weighted by Crippen LogP contribution is -2.30. The van der Waals surface area contributed by atoms with E-state index in [-0.39, 0.29) is 18.9 Å². The van der Waals surface area contributed by atoms with Crippen LogP contribution in [-0.4, -0.2) is 21.0 Å². The summed E-state index contributed by atoms with van der Waals surface area (Å²) in [4.78, 5) is 31.5. The van der Waals surface area contributed by atoms with Crippen LogP contribution in [0.4, 0.5) is 13.2 Å². The van der Waals surface area contributed by atoms with Crippen LogP contribution in [0.2, 0.25) is 0 Å². The van der Waals surface area contributed by atoms with Crippen molar-refractivity contribution in [1.82, 2.24) is 9.97 Å². The molecule has 2 N–H and O–H groups in total. The average molecular weight is 486 g/mol. The summed E-state index contributed by atoms with van der Waals surface area (Å²) in [6, 6.07) is 12.9. The van der Waals surface area contributed by atoms with Crippen LogP contribution in [0, 0.1) is 6.92 Å². The molecule has 1 aromatic heterocycles. The van der Waals surface area contributed by atoms with E-state index in [0.717, 1.165) is 30.5 Å².